The van der Waals surface area contributed by atoms with Crippen molar-refractivity contribution in [1.82, 2.24) is 20.1 Å². The zero-order valence-electron chi connectivity index (χ0n) is 17.0. The van der Waals surface area contributed by atoms with Gasteiger partial charge in [-0.05, 0) is 52.1 Å². The summed E-state index contributed by atoms with van der Waals surface area (Å²) >= 11 is 1.71. The first-order valence-corrected chi connectivity index (χ1v) is 10.5. The number of nitrogens with zero attached hydrogens (tertiary/aromatic N) is 4. The normalized spacial score (nSPS) is 16.6. The highest BCUT2D eigenvalue weighted by molar-refractivity contribution is 14.0. The highest BCUT2D eigenvalue weighted by Crippen LogP contribution is 2.18. The smallest absolute Gasteiger partial charge is 0.194 e. The first-order valence-electron chi connectivity index (χ1n) is 9.64. The van der Waals surface area contributed by atoms with Crippen LogP contribution in [0.2, 0.25) is 0 Å². The number of hydrogen-bond donors (Lipinski definition) is 1. The molecule has 2 heterocycles. The third-order valence-electron chi connectivity index (χ3n) is 4.61. The molecule has 150 valence electrons. The minimum atomic E-state index is 0. The Hall–Kier alpha value is -0.410. The van der Waals surface area contributed by atoms with E-state index in [2.05, 4.69) is 60.2 Å². The SMILES string of the molecule is CCNC(=NCC(CC(C)C)N1CCCC1)N(C)Cc1csc(C)n1.I. The zero-order chi connectivity index (χ0) is 18.2. The molecule has 1 saturated heterocycles. The number of halogens is 1. The molecule has 1 aliphatic heterocycles. The molecule has 1 N–H and O–H groups in total. The van der Waals surface area contributed by atoms with Crippen LogP contribution in [0, 0.1) is 12.8 Å². The highest BCUT2D eigenvalue weighted by Gasteiger charge is 2.23. The van der Waals surface area contributed by atoms with Gasteiger partial charge in [0.1, 0.15) is 0 Å². The van der Waals surface area contributed by atoms with Crippen molar-refractivity contribution in [1.29, 1.82) is 0 Å². The lowest BCUT2D eigenvalue weighted by atomic mass is 10.0. The van der Waals surface area contributed by atoms with Crippen molar-refractivity contribution in [2.45, 2.75) is 59.5 Å². The standard InChI is InChI=1S/C19H35N5S.HI/c1-6-20-19(23(5)13-17-14-25-16(4)22-17)21-12-18(11-15(2)3)24-9-7-8-10-24;/h14-15,18H,6-13H2,1-5H3,(H,20,21);1H. The average molecular weight is 494 g/mol. The summed E-state index contributed by atoms with van der Waals surface area (Å²) in [6.07, 6.45) is 3.89. The van der Waals surface area contributed by atoms with E-state index in [4.69, 9.17) is 4.99 Å². The largest absolute Gasteiger partial charge is 0.357 e. The molecule has 2 rings (SSSR count). The third kappa shape index (κ3) is 7.68. The lowest BCUT2D eigenvalue weighted by Crippen LogP contribution is -2.41. The molecule has 0 amide bonds. The number of aromatic nitrogens is 1. The Labute approximate surface area is 180 Å². The fraction of sp³-hybridized carbons (Fsp3) is 0.789. The molecular formula is C19H36IN5S. The van der Waals surface area contributed by atoms with Crippen LogP contribution in [0.1, 0.15) is 50.7 Å². The molecule has 0 spiro atoms. The van der Waals surface area contributed by atoms with E-state index in [1.54, 1.807) is 11.3 Å². The summed E-state index contributed by atoms with van der Waals surface area (Å²) in [5, 5.41) is 6.70. The van der Waals surface area contributed by atoms with Gasteiger partial charge in [-0.2, -0.15) is 0 Å². The predicted molar refractivity (Wildman–Crippen MR) is 124 cm³/mol. The van der Waals surface area contributed by atoms with Gasteiger partial charge >= 0.3 is 0 Å². The van der Waals surface area contributed by atoms with Crippen LogP contribution in [0.4, 0.5) is 0 Å². The Morgan fingerprint density at radius 3 is 2.62 bits per heavy atom. The third-order valence-corrected chi connectivity index (χ3v) is 5.44. The van der Waals surface area contributed by atoms with Gasteiger partial charge in [-0.3, -0.25) is 9.89 Å². The topological polar surface area (TPSA) is 43.8 Å². The van der Waals surface area contributed by atoms with E-state index in [0.29, 0.717) is 12.0 Å². The molecule has 1 aliphatic rings. The van der Waals surface area contributed by atoms with Gasteiger partial charge in [0.25, 0.3) is 0 Å². The van der Waals surface area contributed by atoms with Gasteiger partial charge < -0.3 is 10.2 Å². The van der Waals surface area contributed by atoms with Gasteiger partial charge in [-0.1, -0.05) is 13.8 Å². The molecule has 1 aromatic heterocycles. The molecule has 26 heavy (non-hydrogen) atoms. The maximum Gasteiger partial charge on any atom is 0.194 e. The number of nitrogens with one attached hydrogen (secondary N) is 1. The van der Waals surface area contributed by atoms with E-state index in [1.165, 1.54) is 32.4 Å². The average Bonchev–Trinajstić information content (AvgIpc) is 3.21. The van der Waals surface area contributed by atoms with Crippen molar-refractivity contribution in [3.05, 3.63) is 16.1 Å². The number of aliphatic imine (C=N–C) groups is 1. The van der Waals surface area contributed by atoms with Crippen molar-refractivity contribution in [3.8, 4) is 0 Å². The van der Waals surface area contributed by atoms with Crippen LogP contribution in [-0.4, -0.2) is 60.0 Å². The number of guanidine groups is 1. The molecule has 1 aromatic rings. The minimum Gasteiger partial charge on any atom is -0.357 e. The fourth-order valence-electron chi connectivity index (χ4n) is 3.45. The molecule has 0 radical (unpaired) electrons. The second-order valence-electron chi connectivity index (χ2n) is 7.43. The molecule has 7 heteroatoms. The van der Waals surface area contributed by atoms with Crippen molar-refractivity contribution in [3.63, 3.8) is 0 Å². The first-order chi connectivity index (χ1) is 12.0. The summed E-state index contributed by atoms with van der Waals surface area (Å²) in [6, 6.07) is 0.561. The van der Waals surface area contributed by atoms with Crippen LogP contribution < -0.4 is 5.32 Å². The van der Waals surface area contributed by atoms with E-state index < -0.39 is 0 Å². The summed E-state index contributed by atoms with van der Waals surface area (Å²) in [5.41, 5.74) is 1.12. The summed E-state index contributed by atoms with van der Waals surface area (Å²) < 4.78 is 0. The van der Waals surface area contributed by atoms with Gasteiger partial charge in [0, 0.05) is 25.0 Å². The van der Waals surface area contributed by atoms with E-state index >= 15 is 0 Å². The zero-order valence-corrected chi connectivity index (χ0v) is 20.1. The van der Waals surface area contributed by atoms with E-state index in [9.17, 15) is 0 Å². The summed E-state index contributed by atoms with van der Waals surface area (Å²) in [7, 11) is 2.10. The second kappa shape index (κ2) is 12.1. The molecule has 0 bridgehead atoms. The lowest BCUT2D eigenvalue weighted by molar-refractivity contribution is 0.218. The van der Waals surface area contributed by atoms with Gasteiger partial charge in [0.15, 0.2) is 5.96 Å². The number of hydrogen-bond acceptors (Lipinski definition) is 4. The monoisotopic (exact) mass is 493 g/mol. The van der Waals surface area contributed by atoms with Gasteiger partial charge in [0.2, 0.25) is 0 Å². The van der Waals surface area contributed by atoms with Crippen molar-refractivity contribution in [2.24, 2.45) is 10.9 Å². The Morgan fingerprint density at radius 1 is 1.38 bits per heavy atom. The quantitative estimate of drug-likeness (QED) is 0.338. The molecule has 0 aromatic carbocycles. The summed E-state index contributed by atoms with van der Waals surface area (Å²) in [4.78, 5) is 14.4. The first kappa shape index (κ1) is 23.6. The summed E-state index contributed by atoms with van der Waals surface area (Å²) in [6.45, 7) is 13.8. The number of likely N-dealkylation sites (tertiary alicyclic amines) is 1. The molecular weight excluding hydrogens is 457 g/mol. The molecule has 5 nitrogen and oxygen atoms in total. The Morgan fingerprint density at radius 2 is 2.08 bits per heavy atom. The maximum atomic E-state index is 4.98. The fourth-order valence-corrected chi connectivity index (χ4v) is 4.05. The Bertz CT molecular complexity index is 540. The molecule has 0 saturated carbocycles. The number of rotatable bonds is 8. The van der Waals surface area contributed by atoms with Crippen LogP contribution in [0.3, 0.4) is 0 Å². The van der Waals surface area contributed by atoms with Gasteiger partial charge in [0.05, 0.1) is 23.8 Å². The predicted octanol–water partition coefficient (Wildman–Crippen LogP) is 3.98. The highest BCUT2D eigenvalue weighted by atomic mass is 127. The lowest BCUT2D eigenvalue weighted by Gasteiger charge is -2.29. The molecule has 1 unspecified atom stereocenters. The van der Waals surface area contributed by atoms with Crippen molar-refractivity contribution in [2.75, 3.05) is 33.2 Å². The molecule has 0 aliphatic carbocycles. The van der Waals surface area contributed by atoms with E-state index in [-0.39, 0.29) is 24.0 Å². The van der Waals surface area contributed by atoms with Crippen LogP contribution >= 0.6 is 35.3 Å². The number of thiazole rings is 1. The van der Waals surface area contributed by atoms with Crippen LogP contribution in [-0.2, 0) is 6.54 Å². The van der Waals surface area contributed by atoms with Crippen LogP contribution in [0.15, 0.2) is 10.4 Å². The summed E-state index contributed by atoms with van der Waals surface area (Å²) in [5.74, 6) is 1.69. The minimum absolute atomic E-state index is 0. The molecule has 1 fully saturated rings. The Kier molecular flexibility index (Phi) is 11.0. The van der Waals surface area contributed by atoms with E-state index in [0.717, 1.165) is 36.3 Å². The Balaban J connectivity index is 0.00000338. The molecule has 1 atom stereocenters. The van der Waals surface area contributed by atoms with Crippen LogP contribution in [0.5, 0.6) is 0 Å². The van der Waals surface area contributed by atoms with Crippen molar-refractivity contribution < 1.29 is 0 Å². The van der Waals surface area contributed by atoms with E-state index in [1.807, 2.05) is 0 Å². The van der Waals surface area contributed by atoms with Crippen molar-refractivity contribution >= 4 is 41.3 Å². The van der Waals surface area contributed by atoms with Crippen LogP contribution in [0.25, 0.3) is 0 Å². The maximum absolute atomic E-state index is 4.98. The number of aryl methyl sites for hydroxylation is 1. The van der Waals surface area contributed by atoms with Gasteiger partial charge in [-0.15, -0.1) is 35.3 Å². The second-order valence-corrected chi connectivity index (χ2v) is 8.50. The van der Waals surface area contributed by atoms with Gasteiger partial charge in [-0.25, -0.2) is 4.98 Å².